The van der Waals surface area contributed by atoms with E-state index in [9.17, 15) is 4.79 Å². The number of aryl methyl sites for hydroxylation is 2. The number of aromatic nitrogens is 5. The molecule has 4 aromatic rings. The summed E-state index contributed by atoms with van der Waals surface area (Å²) in [7, 11) is 0. The van der Waals surface area contributed by atoms with Gasteiger partial charge < -0.3 is 5.32 Å². The molecule has 0 saturated heterocycles. The van der Waals surface area contributed by atoms with Gasteiger partial charge in [0.2, 0.25) is 5.95 Å². The van der Waals surface area contributed by atoms with Crippen molar-refractivity contribution in [1.82, 2.24) is 24.7 Å². The lowest BCUT2D eigenvalue weighted by atomic mass is 10.0. The topological polar surface area (TPSA) is 85.6 Å². The molecular formula is C19H16N6O. The molecule has 0 aliphatic carbocycles. The highest BCUT2D eigenvalue weighted by molar-refractivity contribution is 6.08. The van der Waals surface area contributed by atoms with E-state index in [4.69, 9.17) is 0 Å². The van der Waals surface area contributed by atoms with Crippen molar-refractivity contribution >= 4 is 22.5 Å². The minimum Gasteiger partial charge on any atom is -0.319 e. The molecule has 7 nitrogen and oxygen atoms in total. The predicted molar refractivity (Wildman–Crippen MR) is 98.3 cm³/mol. The van der Waals surface area contributed by atoms with Crippen molar-refractivity contribution in [2.45, 2.75) is 13.8 Å². The minimum absolute atomic E-state index is 0.216. The SMILES string of the molecule is Cc1nc2ccccc2c(C)c1C(=O)Nc1cnn(-c2ncccn2)c1. The number of amides is 1. The maximum Gasteiger partial charge on any atom is 0.257 e. The maximum atomic E-state index is 12.8. The quantitative estimate of drug-likeness (QED) is 0.617. The van der Waals surface area contributed by atoms with Crippen molar-refractivity contribution in [3.8, 4) is 5.95 Å². The van der Waals surface area contributed by atoms with Crippen LogP contribution in [0, 0.1) is 13.8 Å². The van der Waals surface area contributed by atoms with E-state index in [0.29, 0.717) is 22.9 Å². The van der Waals surface area contributed by atoms with Gasteiger partial charge in [0.25, 0.3) is 5.91 Å². The summed E-state index contributed by atoms with van der Waals surface area (Å²) >= 11 is 0. The van der Waals surface area contributed by atoms with Gasteiger partial charge in [-0.05, 0) is 31.5 Å². The summed E-state index contributed by atoms with van der Waals surface area (Å²) in [5.74, 6) is 0.222. The third kappa shape index (κ3) is 2.79. The highest BCUT2D eigenvalue weighted by Crippen LogP contribution is 2.23. The zero-order valence-electron chi connectivity index (χ0n) is 14.3. The number of fused-ring (bicyclic) bond motifs is 1. The summed E-state index contributed by atoms with van der Waals surface area (Å²) in [4.78, 5) is 25.6. The molecule has 0 bridgehead atoms. The van der Waals surface area contributed by atoms with Gasteiger partial charge in [0.1, 0.15) is 0 Å². The van der Waals surface area contributed by atoms with Gasteiger partial charge in [0, 0.05) is 17.8 Å². The molecule has 7 heteroatoms. The van der Waals surface area contributed by atoms with Crippen LogP contribution in [0.1, 0.15) is 21.6 Å². The van der Waals surface area contributed by atoms with E-state index < -0.39 is 0 Å². The van der Waals surface area contributed by atoms with Crippen LogP contribution in [0.3, 0.4) is 0 Å². The van der Waals surface area contributed by atoms with Crippen LogP contribution in [0.15, 0.2) is 55.1 Å². The number of hydrogen-bond donors (Lipinski definition) is 1. The van der Waals surface area contributed by atoms with E-state index in [2.05, 4.69) is 25.4 Å². The molecular weight excluding hydrogens is 328 g/mol. The molecule has 0 spiro atoms. The third-order valence-electron chi connectivity index (χ3n) is 4.16. The van der Waals surface area contributed by atoms with Gasteiger partial charge in [0.15, 0.2) is 0 Å². The first-order valence-corrected chi connectivity index (χ1v) is 8.13. The van der Waals surface area contributed by atoms with Crippen LogP contribution in [0.25, 0.3) is 16.9 Å². The lowest BCUT2D eigenvalue weighted by Crippen LogP contribution is -2.16. The van der Waals surface area contributed by atoms with E-state index in [-0.39, 0.29) is 5.91 Å². The van der Waals surface area contributed by atoms with Crippen molar-refractivity contribution in [2.24, 2.45) is 0 Å². The number of anilines is 1. The Labute approximate surface area is 149 Å². The molecule has 3 heterocycles. The van der Waals surface area contributed by atoms with Gasteiger partial charge in [-0.15, -0.1) is 0 Å². The van der Waals surface area contributed by atoms with E-state index in [1.54, 1.807) is 30.9 Å². The predicted octanol–water partition coefficient (Wildman–Crippen LogP) is 3.08. The Kier molecular flexibility index (Phi) is 3.89. The first-order chi connectivity index (χ1) is 12.6. The Morgan fingerprint density at radius 3 is 2.65 bits per heavy atom. The van der Waals surface area contributed by atoms with Crippen LogP contribution in [-0.2, 0) is 0 Å². The first-order valence-electron chi connectivity index (χ1n) is 8.13. The standard InChI is InChI=1S/C19H16N6O/c1-12-15-6-3-4-7-16(15)23-13(2)17(12)18(26)24-14-10-22-25(11-14)19-20-8-5-9-21-19/h3-11H,1-2H3,(H,24,26). The second-order valence-corrected chi connectivity index (χ2v) is 5.89. The van der Waals surface area contributed by atoms with Gasteiger partial charge >= 0.3 is 0 Å². The van der Waals surface area contributed by atoms with Gasteiger partial charge in [-0.1, -0.05) is 18.2 Å². The number of carbonyl (C=O) groups is 1. The Morgan fingerprint density at radius 2 is 1.85 bits per heavy atom. The molecule has 0 atom stereocenters. The zero-order chi connectivity index (χ0) is 18.1. The summed E-state index contributed by atoms with van der Waals surface area (Å²) in [6, 6.07) is 9.53. The lowest BCUT2D eigenvalue weighted by Gasteiger charge is -2.11. The summed E-state index contributed by atoms with van der Waals surface area (Å²) < 4.78 is 1.51. The number of hydrogen-bond acceptors (Lipinski definition) is 5. The van der Waals surface area contributed by atoms with Gasteiger partial charge in [0.05, 0.1) is 34.9 Å². The zero-order valence-corrected chi connectivity index (χ0v) is 14.3. The molecule has 26 heavy (non-hydrogen) atoms. The molecule has 0 aliphatic heterocycles. The molecule has 1 amide bonds. The number of rotatable bonds is 3. The van der Waals surface area contributed by atoms with E-state index in [1.165, 1.54) is 4.68 Å². The van der Waals surface area contributed by atoms with Gasteiger partial charge in [-0.2, -0.15) is 5.10 Å². The number of para-hydroxylation sites is 1. The number of pyridine rings is 1. The number of benzene rings is 1. The van der Waals surface area contributed by atoms with E-state index in [0.717, 1.165) is 16.5 Å². The maximum absolute atomic E-state index is 12.8. The van der Waals surface area contributed by atoms with Crippen molar-refractivity contribution in [3.63, 3.8) is 0 Å². The number of nitrogens with one attached hydrogen (secondary N) is 1. The summed E-state index contributed by atoms with van der Waals surface area (Å²) in [6.07, 6.45) is 6.51. The average Bonchev–Trinajstić information content (AvgIpc) is 3.11. The molecule has 1 N–H and O–H groups in total. The van der Waals surface area contributed by atoms with Gasteiger partial charge in [-0.3, -0.25) is 9.78 Å². The van der Waals surface area contributed by atoms with Crippen LogP contribution in [-0.4, -0.2) is 30.6 Å². The minimum atomic E-state index is -0.216. The first kappa shape index (κ1) is 15.9. The second-order valence-electron chi connectivity index (χ2n) is 5.89. The molecule has 0 aliphatic rings. The van der Waals surface area contributed by atoms with Gasteiger partial charge in [-0.25, -0.2) is 14.6 Å². The largest absolute Gasteiger partial charge is 0.319 e. The van der Waals surface area contributed by atoms with Crippen LogP contribution in [0.5, 0.6) is 0 Å². The van der Waals surface area contributed by atoms with Crippen LogP contribution in [0.4, 0.5) is 5.69 Å². The Morgan fingerprint density at radius 1 is 1.08 bits per heavy atom. The fourth-order valence-corrected chi connectivity index (χ4v) is 2.97. The van der Waals surface area contributed by atoms with Crippen molar-refractivity contribution in [3.05, 3.63) is 71.9 Å². The Hall–Kier alpha value is -3.61. The van der Waals surface area contributed by atoms with Crippen LogP contribution in [0.2, 0.25) is 0 Å². The molecule has 1 aromatic carbocycles. The normalized spacial score (nSPS) is 10.8. The lowest BCUT2D eigenvalue weighted by molar-refractivity contribution is 0.102. The summed E-state index contributed by atoms with van der Waals surface area (Å²) in [6.45, 7) is 3.78. The molecule has 128 valence electrons. The summed E-state index contributed by atoms with van der Waals surface area (Å²) in [5.41, 5.74) is 3.62. The molecule has 4 rings (SSSR count). The molecule has 0 radical (unpaired) electrons. The van der Waals surface area contributed by atoms with E-state index >= 15 is 0 Å². The molecule has 0 fully saturated rings. The molecule has 0 saturated carbocycles. The summed E-state index contributed by atoms with van der Waals surface area (Å²) in [5, 5.41) is 8.04. The average molecular weight is 344 g/mol. The van der Waals surface area contributed by atoms with Crippen molar-refractivity contribution in [1.29, 1.82) is 0 Å². The Balaban J connectivity index is 1.65. The Bertz CT molecular complexity index is 1100. The highest BCUT2D eigenvalue weighted by atomic mass is 16.1. The highest BCUT2D eigenvalue weighted by Gasteiger charge is 2.17. The van der Waals surface area contributed by atoms with Crippen LogP contribution >= 0.6 is 0 Å². The number of carbonyl (C=O) groups excluding carboxylic acids is 1. The van der Waals surface area contributed by atoms with Crippen molar-refractivity contribution < 1.29 is 4.79 Å². The monoisotopic (exact) mass is 344 g/mol. The molecule has 3 aromatic heterocycles. The smallest absolute Gasteiger partial charge is 0.257 e. The fraction of sp³-hybridized carbons (Fsp3) is 0.105. The molecule has 0 unspecified atom stereocenters. The second kappa shape index (κ2) is 6.36. The third-order valence-corrected chi connectivity index (χ3v) is 4.16. The van der Waals surface area contributed by atoms with Crippen molar-refractivity contribution in [2.75, 3.05) is 5.32 Å². The fourth-order valence-electron chi connectivity index (χ4n) is 2.97. The van der Waals surface area contributed by atoms with E-state index in [1.807, 2.05) is 38.1 Å². The van der Waals surface area contributed by atoms with Crippen LogP contribution < -0.4 is 5.32 Å². The number of nitrogens with zero attached hydrogens (tertiary/aromatic N) is 5.